The van der Waals surface area contributed by atoms with Gasteiger partial charge in [-0.15, -0.1) is 11.3 Å². The van der Waals surface area contributed by atoms with Gasteiger partial charge in [-0.05, 0) is 42.2 Å². The van der Waals surface area contributed by atoms with Gasteiger partial charge in [-0.25, -0.2) is 4.98 Å². The molecule has 0 aliphatic carbocycles. The van der Waals surface area contributed by atoms with E-state index in [4.69, 9.17) is 0 Å². The predicted octanol–water partition coefficient (Wildman–Crippen LogP) is 6.07. The van der Waals surface area contributed by atoms with Crippen LogP contribution in [0.3, 0.4) is 0 Å². The minimum absolute atomic E-state index is 0.0513. The molecule has 2 aromatic rings. The highest BCUT2D eigenvalue weighted by molar-refractivity contribution is 7.13. The van der Waals surface area contributed by atoms with Crippen LogP contribution in [0.2, 0.25) is 0 Å². The highest BCUT2D eigenvalue weighted by atomic mass is 32.1. The molecule has 3 rings (SSSR count). The van der Waals surface area contributed by atoms with Gasteiger partial charge in [0.05, 0.1) is 16.1 Å². The number of benzene rings is 1. The molecule has 1 N–H and O–H groups in total. The molecule has 1 aromatic heterocycles. The standard InChI is InChI=1S/C25H35N3O2S.C2H6/c1-16(2)21(25(4,5)6)24(30)28-13-7-8-20(28)23(29)26-14-18-9-11-19(12-10-18)22-17(3)27-15-31-22;1-2/h9-12,15-16,20-21H,7-8,13-14H2,1-6H3,(H,26,29);1-2H3. The van der Waals surface area contributed by atoms with Crippen molar-refractivity contribution in [3.63, 3.8) is 0 Å². The summed E-state index contributed by atoms with van der Waals surface area (Å²) < 4.78 is 0. The minimum atomic E-state index is -0.366. The second-order valence-corrected chi connectivity index (χ2v) is 10.8. The number of amides is 2. The molecule has 2 amide bonds. The van der Waals surface area contributed by atoms with E-state index >= 15 is 0 Å². The Morgan fingerprint density at radius 2 is 1.82 bits per heavy atom. The molecule has 5 nitrogen and oxygen atoms in total. The lowest BCUT2D eigenvalue weighted by Crippen LogP contribution is -2.50. The van der Waals surface area contributed by atoms with E-state index in [0.29, 0.717) is 13.1 Å². The molecule has 2 heterocycles. The number of aryl methyl sites for hydroxylation is 1. The molecule has 1 aliphatic heterocycles. The van der Waals surface area contributed by atoms with Gasteiger partial charge in [-0.2, -0.15) is 0 Å². The fraction of sp³-hybridized carbons (Fsp3) is 0.593. The van der Waals surface area contributed by atoms with Crippen molar-refractivity contribution in [2.75, 3.05) is 6.54 Å². The lowest BCUT2D eigenvalue weighted by atomic mass is 9.73. The molecule has 6 heteroatoms. The summed E-state index contributed by atoms with van der Waals surface area (Å²) in [6.45, 7) is 17.7. The average Bonchev–Trinajstić information content (AvgIpc) is 3.42. The maximum Gasteiger partial charge on any atom is 0.243 e. The van der Waals surface area contributed by atoms with Crippen LogP contribution >= 0.6 is 11.3 Å². The third kappa shape index (κ3) is 6.66. The zero-order chi connectivity index (χ0) is 24.8. The first-order valence-electron chi connectivity index (χ1n) is 12.2. The normalized spacial score (nSPS) is 16.9. The van der Waals surface area contributed by atoms with Crippen molar-refractivity contribution < 1.29 is 9.59 Å². The zero-order valence-electron chi connectivity index (χ0n) is 21.6. The van der Waals surface area contributed by atoms with Crippen molar-refractivity contribution in [1.29, 1.82) is 0 Å². The topological polar surface area (TPSA) is 62.3 Å². The Labute approximate surface area is 204 Å². The molecular weight excluding hydrogens is 430 g/mol. The molecule has 2 unspecified atom stereocenters. The van der Waals surface area contributed by atoms with Crippen LogP contribution in [0.15, 0.2) is 29.8 Å². The molecule has 0 saturated carbocycles. The van der Waals surface area contributed by atoms with Crippen LogP contribution in [0.4, 0.5) is 0 Å². The number of hydrogen-bond donors (Lipinski definition) is 1. The monoisotopic (exact) mass is 471 g/mol. The maximum absolute atomic E-state index is 13.3. The van der Waals surface area contributed by atoms with Crippen LogP contribution < -0.4 is 5.32 Å². The maximum atomic E-state index is 13.3. The number of nitrogens with one attached hydrogen (secondary N) is 1. The third-order valence-corrected chi connectivity index (χ3v) is 7.11. The van der Waals surface area contributed by atoms with Gasteiger partial charge >= 0.3 is 0 Å². The fourth-order valence-corrected chi connectivity index (χ4v) is 5.61. The number of carbonyl (C=O) groups is 2. The molecule has 1 aromatic carbocycles. The lowest BCUT2D eigenvalue weighted by molar-refractivity contribution is -0.146. The number of nitrogens with zero attached hydrogens (tertiary/aromatic N) is 2. The van der Waals surface area contributed by atoms with Crippen LogP contribution in [-0.4, -0.2) is 34.3 Å². The Bertz CT molecular complexity index is 912. The number of likely N-dealkylation sites (tertiary alicyclic amines) is 1. The number of hydrogen-bond acceptors (Lipinski definition) is 4. The first kappa shape index (κ1) is 27.0. The molecule has 0 bridgehead atoms. The van der Waals surface area contributed by atoms with Crippen molar-refractivity contribution >= 4 is 23.2 Å². The summed E-state index contributed by atoms with van der Waals surface area (Å²) in [6, 6.07) is 7.87. The fourth-order valence-electron chi connectivity index (χ4n) is 4.80. The van der Waals surface area contributed by atoms with Gasteiger partial charge in [0.15, 0.2) is 0 Å². The molecular formula is C27H41N3O2S. The summed E-state index contributed by atoms with van der Waals surface area (Å²) in [5.74, 6) is 0.204. The molecule has 1 saturated heterocycles. The first-order valence-corrected chi connectivity index (χ1v) is 13.0. The van der Waals surface area contributed by atoms with Gasteiger partial charge in [0, 0.05) is 19.0 Å². The van der Waals surface area contributed by atoms with Crippen molar-refractivity contribution in [3.05, 3.63) is 41.0 Å². The SMILES string of the molecule is CC.Cc1ncsc1-c1ccc(CNC(=O)C2CCCN2C(=O)C(C(C)C)C(C)(C)C)cc1. The Hall–Kier alpha value is -2.21. The van der Waals surface area contributed by atoms with Crippen molar-refractivity contribution in [3.8, 4) is 10.4 Å². The van der Waals surface area contributed by atoms with Crippen LogP contribution in [0.5, 0.6) is 0 Å². The Balaban J connectivity index is 0.00000187. The third-order valence-electron chi connectivity index (χ3n) is 6.13. The predicted molar refractivity (Wildman–Crippen MR) is 138 cm³/mol. The molecule has 1 aliphatic rings. The van der Waals surface area contributed by atoms with Crippen LogP contribution in [0.25, 0.3) is 10.4 Å². The lowest BCUT2D eigenvalue weighted by Gasteiger charge is -2.37. The van der Waals surface area contributed by atoms with Gasteiger partial charge in [0.2, 0.25) is 11.8 Å². The van der Waals surface area contributed by atoms with Gasteiger partial charge < -0.3 is 10.2 Å². The van der Waals surface area contributed by atoms with E-state index in [-0.39, 0.29) is 35.1 Å². The van der Waals surface area contributed by atoms with E-state index in [0.717, 1.165) is 29.7 Å². The highest BCUT2D eigenvalue weighted by Gasteiger charge is 2.42. The van der Waals surface area contributed by atoms with Crippen LogP contribution in [-0.2, 0) is 16.1 Å². The van der Waals surface area contributed by atoms with E-state index in [9.17, 15) is 9.59 Å². The van der Waals surface area contributed by atoms with Gasteiger partial charge in [-0.1, -0.05) is 72.7 Å². The number of thiazole rings is 1. The average molecular weight is 472 g/mol. The number of rotatable bonds is 6. The van der Waals surface area contributed by atoms with E-state index in [2.05, 4.69) is 57.1 Å². The largest absolute Gasteiger partial charge is 0.350 e. The Morgan fingerprint density at radius 3 is 2.33 bits per heavy atom. The van der Waals surface area contributed by atoms with Gasteiger partial charge in [0.1, 0.15) is 6.04 Å². The molecule has 0 radical (unpaired) electrons. The summed E-state index contributed by atoms with van der Waals surface area (Å²) in [5.41, 5.74) is 4.95. The van der Waals surface area contributed by atoms with Crippen molar-refractivity contribution in [1.82, 2.24) is 15.2 Å². The highest BCUT2D eigenvalue weighted by Crippen LogP contribution is 2.35. The molecule has 182 valence electrons. The van der Waals surface area contributed by atoms with E-state index < -0.39 is 0 Å². The second kappa shape index (κ2) is 11.8. The van der Waals surface area contributed by atoms with Gasteiger partial charge in [-0.3, -0.25) is 9.59 Å². The Kier molecular flexibility index (Phi) is 9.65. The zero-order valence-corrected chi connectivity index (χ0v) is 22.4. The quantitative estimate of drug-likeness (QED) is 0.556. The van der Waals surface area contributed by atoms with E-state index in [1.165, 1.54) is 4.88 Å². The smallest absolute Gasteiger partial charge is 0.243 e. The summed E-state index contributed by atoms with van der Waals surface area (Å²) in [7, 11) is 0. The van der Waals surface area contributed by atoms with Crippen LogP contribution in [0.1, 0.15) is 72.6 Å². The number of aromatic nitrogens is 1. The summed E-state index contributed by atoms with van der Waals surface area (Å²) in [5, 5.41) is 3.06. The molecule has 0 spiro atoms. The summed E-state index contributed by atoms with van der Waals surface area (Å²) in [6.07, 6.45) is 1.61. The van der Waals surface area contributed by atoms with Gasteiger partial charge in [0.25, 0.3) is 0 Å². The van der Waals surface area contributed by atoms with Crippen LogP contribution in [0, 0.1) is 24.2 Å². The minimum Gasteiger partial charge on any atom is -0.350 e. The van der Waals surface area contributed by atoms with Crippen molar-refractivity contribution in [2.45, 2.75) is 80.8 Å². The van der Waals surface area contributed by atoms with E-state index in [1.54, 1.807) is 11.3 Å². The summed E-state index contributed by atoms with van der Waals surface area (Å²) in [4.78, 5) is 33.6. The second-order valence-electron chi connectivity index (χ2n) is 9.96. The molecule has 33 heavy (non-hydrogen) atoms. The van der Waals surface area contributed by atoms with E-state index in [1.807, 2.05) is 43.3 Å². The van der Waals surface area contributed by atoms with Crippen molar-refractivity contribution in [2.24, 2.45) is 17.3 Å². The number of carbonyl (C=O) groups excluding carboxylic acids is 2. The first-order chi connectivity index (χ1) is 15.6. The Morgan fingerprint density at radius 1 is 1.18 bits per heavy atom. The molecule has 2 atom stereocenters. The molecule has 1 fully saturated rings. The summed E-state index contributed by atoms with van der Waals surface area (Å²) >= 11 is 1.63.